The summed E-state index contributed by atoms with van der Waals surface area (Å²) in [6.45, 7) is 2.14. The van der Waals surface area contributed by atoms with Crippen LogP contribution in [-0.2, 0) is 26.5 Å². The molecule has 0 heterocycles. The Balaban J connectivity index is 2.02. The Morgan fingerprint density at radius 1 is 0.875 bits per heavy atom. The van der Waals surface area contributed by atoms with E-state index >= 15 is 0 Å². The summed E-state index contributed by atoms with van der Waals surface area (Å²) in [6, 6.07) is 19.1. The lowest BCUT2D eigenvalue weighted by atomic mass is 10.0. The van der Waals surface area contributed by atoms with Gasteiger partial charge in [0.2, 0.25) is 0 Å². The predicted octanol–water partition coefficient (Wildman–Crippen LogP) is 4.72. The third kappa shape index (κ3) is 6.85. The van der Waals surface area contributed by atoms with Gasteiger partial charge >= 0.3 is 0 Å². The highest BCUT2D eigenvalue weighted by Gasteiger charge is 2.20. The number of hydrogen-bond donors (Lipinski definition) is 0. The lowest BCUT2D eigenvalue weighted by molar-refractivity contribution is 0.194. The molecule has 0 saturated carbocycles. The molecule has 130 valence electrons. The molecule has 2 rings (SSSR count). The van der Waals surface area contributed by atoms with Gasteiger partial charge in [0.05, 0.1) is 6.10 Å². The molecule has 0 aliphatic rings. The van der Waals surface area contributed by atoms with Crippen molar-refractivity contribution >= 4 is 10.1 Å². The van der Waals surface area contributed by atoms with Crippen molar-refractivity contribution in [2.45, 2.75) is 50.9 Å². The Bertz CT molecular complexity index is 681. The summed E-state index contributed by atoms with van der Waals surface area (Å²) in [6.07, 6.45) is 4.26. The highest BCUT2D eigenvalue weighted by Crippen LogP contribution is 2.18. The molecule has 0 aliphatic heterocycles. The monoisotopic (exact) mass is 346 g/mol. The van der Waals surface area contributed by atoms with Crippen molar-refractivity contribution in [1.82, 2.24) is 0 Å². The van der Waals surface area contributed by atoms with E-state index in [0.29, 0.717) is 6.42 Å². The standard InChI is InChI=1S/C20H26O3S/c1-2-3-6-15-20(16-18-11-7-4-8-12-18)23-24(21,22)17-19-13-9-5-10-14-19/h4-5,7-14,20H,2-3,6,15-17H2,1H3. The topological polar surface area (TPSA) is 43.4 Å². The van der Waals surface area contributed by atoms with Crippen LogP contribution >= 0.6 is 0 Å². The molecule has 2 aromatic carbocycles. The number of rotatable bonds is 10. The minimum absolute atomic E-state index is 0.0765. The molecule has 2 aromatic rings. The maximum Gasteiger partial charge on any atom is 0.271 e. The fraction of sp³-hybridized carbons (Fsp3) is 0.400. The van der Waals surface area contributed by atoms with Gasteiger partial charge in [-0.15, -0.1) is 0 Å². The smallest absolute Gasteiger partial charge is 0.266 e. The fourth-order valence-electron chi connectivity index (χ4n) is 2.70. The first-order valence-electron chi connectivity index (χ1n) is 8.58. The third-order valence-electron chi connectivity index (χ3n) is 3.90. The molecule has 0 aliphatic carbocycles. The molecule has 0 fully saturated rings. The van der Waals surface area contributed by atoms with Crippen LogP contribution in [0.5, 0.6) is 0 Å². The fourth-order valence-corrected chi connectivity index (χ4v) is 3.95. The van der Waals surface area contributed by atoms with E-state index in [-0.39, 0.29) is 11.9 Å². The minimum atomic E-state index is -3.59. The number of unbranched alkanes of at least 4 members (excludes halogenated alkanes) is 2. The molecule has 1 atom stereocenters. The van der Waals surface area contributed by atoms with Crippen LogP contribution in [0.1, 0.15) is 43.7 Å². The molecule has 0 spiro atoms. The van der Waals surface area contributed by atoms with Gasteiger partial charge in [-0.3, -0.25) is 4.18 Å². The van der Waals surface area contributed by atoms with E-state index < -0.39 is 10.1 Å². The van der Waals surface area contributed by atoms with Crippen LogP contribution in [0.15, 0.2) is 60.7 Å². The predicted molar refractivity (Wildman–Crippen MR) is 98.2 cm³/mol. The van der Waals surface area contributed by atoms with Crippen molar-refractivity contribution in [3.63, 3.8) is 0 Å². The Hall–Kier alpha value is -1.65. The van der Waals surface area contributed by atoms with Gasteiger partial charge in [-0.1, -0.05) is 86.8 Å². The molecule has 3 nitrogen and oxygen atoms in total. The molecule has 24 heavy (non-hydrogen) atoms. The van der Waals surface area contributed by atoms with Crippen LogP contribution in [0, 0.1) is 0 Å². The molecule has 4 heteroatoms. The zero-order valence-corrected chi connectivity index (χ0v) is 15.0. The van der Waals surface area contributed by atoms with Gasteiger partial charge in [-0.25, -0.2) is 0 Å². The first-order valence-corrected chi connectivity index (χ1v) is 10.2. The second-order valence-corrected chi connectivity index (χ2v) is 7.69. The van der Waals surface area contributed by atoms with Gasteiger partial charge < -0.3 is 0 Å². The molecular formula is C20H26O3S. The average molecular weight is 346 g/mol. The van der Waals surface area contributed by atoms with Gasteiger partial charge in [0, 0.05) is 6.42 Å². The van der Waals surface area contributed by atoms with Crippen LogP contribution in [0.25, 0.3) is 0 Å². The van der Waals surface area contributed by atoms with E-state index in [9.17, 15) is 8.42 Å². The first-order chi connectivity index (χ1) is 11.6. The lowest BCUT2D eigenvalue weighted by Gasteiger charge is -2.18. The highest BCUT2D eigenvalue weighted by molar-refractivity contribution is 7.85. The second kappa shape index (κ2) is 9.60. The van der Waals surface area contributed by atoms with E-state index in [1.165, 1.54) is 0 Å². The molecular weight excluding hydrogens is 320 g/mol. The third-order valence-corrected chi connectivity index (χ3v) is 5.16. The second-order valence-electron chi connectivity index (χ2n) is 6.09. The quantitative estimate of drug-likeness (QED) is 0.461. The Kier molecular flexibility index (Phi) is 7.47. The van der Waals surface area contributed by atoms with Crippen molar-refractivity contribution < 1.29 is 12.6 Å². The van der Waals surface area contributed by atoms with Crippen molar-refractivity contribution in [3.05, 3.63) is 71.8 Å². The van der Waals surface area contributed by atoms with Gasteiger partial charge in [0.1, 0.15) is 5.75 Å². The number of hydrogen-bond acceptors (Lipinski definition) is 3. The van der Waals surface area contributed by atoms with E-state index in [4.69, 9.17) is 4.18 Å². The van der Waals surface area contributed by atoms with Crippen molar-refractivity contribution in [1.29, 1.82) is 0 Å². The summed E-state index contributed by atoms with van der Waals surface area (Å²) < 4.78 is 30.4. The summed E-state index contributed by atoms with van der Waals surface area (Å²) in [5, 5.41) is 0. The van der Waals surface area contributed by atoms with Gasteiger partial charge in [0.15, 0.2) is 0 Å². The zero-order chi connectivity index (χ0) is 17.3. The molecule has 0 amide bonds. The summed E-state index contributed by atoms with van der Waals surface area (Å²) in [7, 11) is -3.59. The Labute approximate surface area is 145 Å². The van der Waals surface area contributed by atoms with Gasteiger partial charge in [-0.05, 0) is 17.5 Å². The van der Waals surface area contributed by atoms with Crippen molar-refractivity contribution in [3.8, 4) is 0 Å². The summed E-state index contributed by atoms with van der Waals surface area (Å²) >= 11 is 0. The maximum absolute atomic E-state index is 12.4. The Morgan fingerprint density at radius 2 is 1.46 bits per heavy atom. The maximum atomic E-state index is 12.4. The molecule has 0 aromatic heterocycles. The molecule has 0 saturated heterocycles. The summed E-state index contributed by atoms with van der Waals surface area (Å²) in [4.78, 5) is 0. The van der Waals surface area contributed by atoms with E-state index in [0.717, 1.165) is 36.8 Å². The molecule has 0 radical (unpaired) electrons. The normalized spacial score (nSPS) is 12.9. The first kappa shape index (κ1) is 18.7. The van der Waals surface area contributed by atoms with Gasteiger partial charge in [0.25, 0.3) is 10.1 Å². The lowest BCUT2D eigenvalue weighted by Crippen LogP contribution is -2.22. The van der Waals surface area contributed by atoms with Crippen LogP contribution in [0.3, 0.4) is 0 Å². The van der Waals surface area contributed by atoms with Crippen molar-refractivity contribution in [2.24, 2.45) is 0 Å². The zero-order valence-electron chi connectivity index (χ0n) is 14.2. The van der Waals surface area contributed by atoms with E-state index in [1.807, 2.05) is 60.7 Å². The van der Waals surface area contributed by atoms with Crippen LogP contribution in [0.2, 0.25) is 0 Å². The minimum Gasteiger partial charge on any atom is -0.266 e. The summed E-state index contributed by atoms with van der Waals surface area (Å²) in [5.74, 6) is -0.0765. The largest absolute Gasteiger partial charge is 0.271 e. The van der Waals surface area contributed by atoms with E-state index in [2.05, 4.69) is 6.92 Å². The van der Waals surface area contributed by atoms with Crippen LogP contribution < -0.4 is 0 Å². The van der Waals surface area contributed by atoms with E-state index in [1.54, 1.807) is 0 Å². The summed E-state index contributed by atoms with van der Waals surface area (Å²) in [5.41, 5.74) is 1.86. The van der Waals surface area contributed by atoms with Gasteiger partial charge in [-0.2, -0.15) is 8.42 Å². The Morgan fingerprint density at radius 3 is 2.04 bits per heavy atom. The number of benzene rings is 2. The van der Waals surface area contributed by atoms with Crippen molar-refractivity contribution in [2.75, 3.05) is 0 Å². The average Bonchev–Trinajstić information content (AvgIpc) is 2.56. The van der Waals surface area contributed by atoms with Crippen LogP contribution in [-0.4, -0.2) is 14.5 Å². The molecule has 0 N–H and O–H groups in total. The molecule has 1 unspecified atom stereocenters. The van der Waals surface area contributed by atoms with Crippen LogP contribution in [0.4, 0.5) is 0 Å². The molecule has 0 bridgehead atoms. The highest BCUT2D eigenvalue weighted by atomic mass is 32.2. The SMILES string of the molecule is CCCCCC(Cc1ccccc1)OS(=O)(=O)Cc1ccccc1.